The molecule has 2 amide bonds. The third kappa shape index (κ3) is 3.93. The summed E-state index contributed by atoms with van der Waals surface area (Å²) in [5.41, 5.74) is 3.38. The number of carbonyl (C=O) groups excluding carboxylic acids is 2. The van der Waals surface area contributed by atoms with Gasteiger partial charge in [-0.3, -0.25) is 9.59 Å². The summed E-state index contributed by atoms with van der Waals surface area (Å²) in [6.45, 7) is 9.48. The number of rotatable bonds is 5. The number of amides is 2. The number of aromatic nitrogens is 2. The van der Waals surface area contributed by atoms with Crippen molar-refractivity contribution in [3.8, 4) is 0 Å². The molecule has 30 heavy (non-hydrogen) atoms. The minimum absolute atomic E-state index is 0.0620. The van der Waals surface area contributed by atoms with Gasteiger partial charge in [-0.15, -0.1) is 10.2 Å². The van der Waals surface area contributed by atoms with Crippen molar-refractivity contribution >= 4 is 34.0 Å². The van der Waals surface area contributed by atoms with Crippen LogP contribution in [0.25, 0.3) is 0 Å². The molecule has 3 heterocycles. The minimum Gasteiger partial charge on any atom is -0.343 e. The first-order valence-electron chi connectivity index (χ1n) is 10.8. The van der Waals surface area contributed by atoms with Crippen molar-refractivity contribution in [1.82, 2.24) is 15.1 Å². The van der Waals surface area contributed by atoms with Crippen molar-refractivity contribution in [3.05, 3.63) is 34.3 Å². The van der Waals surface area contributed by atoms with Crippen LogP contribution >= 0.6 is 11.3 Å². The van der Waals surface area contributed by atoms with E-state index in [-0.39, 0.29) is 17.7 Å². The Hall–Kier alpha value is -2.48. The maximum absolute atomic E-state index is 13.2. The van der Waals surface area contributed by atoms with Crippen molar-refractivity contribution in [1.29, 1.82) is 0 Å². The molecule has 2 aliphatic heterocycles. The highest BCUT2D eigenvalue weighted by molar-refractivity contribution is 7.15. The van der Waals surface area contributed by atoms with Crippen molar-refractivity contribution < 1.29 is 9.59 Å². The lowest BCUT2D eigenvalue weighted by Gasteiger charge is -2.35. The van der Waals surface area contributed by atoms with Crippen molar-refractivity contribution in [3.63, 3.8) is 0 Å². The van der Waals surface area contributed by atoms with Crippen molar-refractivity contribution in [2.24, 2.45) is 5.92 Å². The van der Waals surface area contributed by atoms with E-state index in [2.05, 4.69) is 47.1 Å². The van der Waals surface area contributed by atoms with E-state index in [4.69, 9.17) is 0 Å². The molecular weight excluding hydrogens is 398 g/mol. The number of nitrogens with zero attached hydrogens (tertiary/aromatic N) is 5. The number of hydrogen-bond donors (Lipinski definition) is 0. The number of para-hydroxylation sites is 1. The van der Waals surface area contributed by atoms with Gasteiger partial charge in [0.05, 0.1) is 5.92 Å². The molecule has 0 radical (unpaired) electrons. The third-order valence-corrected chi connectivity index (χ3v) is 6.99. The standard InChI is InChI=1S/C22H29N5O2S/c1-4-16-7-6-8-17(5-2)20(16)27-14-18(13-19(27)28)21(29)25-9-11-26(12-10-25)22-24-23-15(3)30-22/h6-8,18H,4-5,9-14H2,1-3H3. The zero-order valence-corrected chi connectivity index (χ0v) is 18.7. The molecular formula is C22H29N5O2S. The van der Waals surface area contributed by atoms with Crippen LogP contribution in [0.2, 0.25) is 0 Å². The van der Waals surface area contributed by atoms with Gasteiger partial charge in [0, 0.05) is 44.8 Å². The fourth-order valence-corrected chi connectivity index (χ4v) is 5.18. The molecule has 2 saturated heterocycles. The van der Waals surface area contributed by atoms with Crippen molar-refractivity contribution in [2.45, 2.75) is 40.0 Å². The topological polar surface area (TPSA) is 69.6 Å². The Kier molecular flexibility index (Phi) is 6.04. The Morgan fingerprint density at radius 1 is 1.10 bits per heavy atom. The van der Waals surface area contributed by atoms with Crippen LogP contribution in [0.5, 0.6) is 0 Å². The lowest BCUT2D eigenvalue weighted by atomic mass is 10.0. The van der Waals surface area contributed by atoms with E-state index in [0.29, 0.717) is 26.1 Å². The molecule has 2 fully saturated rings. The van der Waals surface area contributed by atoms with Gasteiger partial charge in [0.25, 0.3) is 0 Å². The Morgan fingerprint density at radius 3 is 2.33 bits per heavy atom. The zero-order chi connectivity index (χ0) is 21.3. The SMILES string of the molecule is CCc1cccc(CC)c1N1CC(C(=O)N2CCN(c3nnc(C)s3)CC2)CC1=O. The predicted octanol–water partition coefficient (Wildman–Crippen LogP) is 2.67. The summed E-state index contributed by atoms with van der Waals surface area (Å²) < 4.78 is 0. The summed E-state index contributed by atoms with van der Waals surface area (Å²) in [5, 5.41) is 10.2. The molecule has 4 rings (SSSR count). The van der Waals surface area contributed by atoms with E-state index in [1.165, 1.54) is 11.1 Å². The van der Waals surface area contributed by atoms with E-state index in [1.807, 2.05) is 16.7 Å². The second kappa shape index (κ2) is 8.71. The third-order valence-electron chi connectivity index (χ3n) is 6.09. The molecule has 0 bridgehead atoms. The van der Waals surface area contributed by atoms with E-state index < -0.39 is 0 Å². The van der Waals surface area contributed by atoms with Crippen LogP contribution in [-0.4, -0.2) is 59.6 Å². The molecule has 0 spiro atoms. The van der Waals surface area contributed by atoms with E-state index in [9.17, 15) is 9.59 Å². The van der Waals surface area contributed by atoms with Crippen LogP contribution in [0.15, 0.2) is 18.2 Å². The number of hydrogen-bond acceptors (Lipinski definition) is 6. The number of benzene rings is 1. The van der Waals surface area contributed by atoms with Gasteiger partial charge in [-0.2, -0.15) is 0 Å². The van der Waals surface area contributed by atoms with Gasteiger partial charge in [0.1, 0.15) is 5.01 Å². The highest BCUT2D eigenvalue weighted by atomic mass is 32.1. The van der Waals surface area contributed by atoms with Crippen LogP contribution < -0.4 is 9.80 Å². The number of anilines is 2. The molecule has 1 unspecified atom stereocenters. The molecule has 1 aromatic carbocycles. The summed E-state index contributed by atoms with van der Waals surface area (Å²) in [6, 6.07) is 6.24. The maximum Gasteiger partial charge on any atom is 0.228 e. The Labute approximate surface area is 181 Å². The Balaban J connectivity index is 1.43. The molecule has 0 aliphatic carbocycles. The Bertz CT molecular complexity index is 913. The van der Waals surface area contributed by atoms with Gasteiger partial charge in [0.2, 0.25) is 16.9 Å². The highest BCUT2D eigenvalue weighted by Gasteiger charge is 2.39. The van der Waals surface area contributed by atoms with Crippen LogP contribution in [0, 0.1) is 12.8 Å². The summed E-state index contributed by atoms with van der Waals surface area (Å²) >= 11 is 1.58. The quantitative estimate of drug-likeness (QED) is 0.734. The van der Waals surface area contributed by atoms with Gasteiger partial charge >= 0.3 is 0 Å². The molecule has 2 aliphatic rings. The first-order chi connectivity index (χ1) is 14.5. The van der Waals surface area contributed by atoms with Crippen LogP contribution in [0.4, 0.5) is 10.8 Å². The molecule has 1 atom stereocenters. The second-order valence-corrected chi connectivity index (χ2v) is 9.11. The molecule has 0 saturated carbocycles. The monoisotopic (exact) mass is 427 g/mol. The molecule has 7 nitrogen and oxygen atoms in total. The lowest BCUT2D eigenvalue weighted by molar-refractivity contribution is -0.136. The molecule has 1 aromatic heterocycles. The number of piperazine rings is 1. The Morgan fingerprint density at radius 2 is 1.77 bits per heavy atom. The van der Waals surface area contributed by atoms with Crippen LogP contribution in [0.3, 0.4) is 0 Å². The van der Waals surface area contributed by atoms with E-state index >= 15 is 0 Å². The lowest BCUT2D eigenvalue weighted by Crippen LogP contribution is -2.50. The zero-order valence-electron chi connectivity index (χ0n) is 17.9. The second-order valence-electron chi connectivity index (χ2n) is 7.95. The number of aryl methyl sites for hydroxylation is 3. The highest BCUT2D eigenvalue weighted by Crippen LogP contribution is 2.33. The summed E-state index contributed by atoms with van der Waals surface area (Å²) in [6.07, 6.45) is 2.05. The number of carbonyl (C=O) groups is 2. The molecule has 160 valence electrons. The average Bonchev–Trinajstić information content (AvgIpc) is 3.38. The predicted molar refractivity (Wildman–Crippen MR) is 119 cm³/mol. The maximum atomic E-state index is 13.2. The van der Waals surface area contributed by atoms with E-state index in [0.717, 1.165) is 41.8 Å². The normalized spacial score (nSPS) is 19.6. The van der Waals surface area contributed by atoms with Gasteiger partial charge < -0.3 is 14.7 Å². The van der Waals surface area contributed by atoms with Gasteiger partial charge in [-0.25, -0.2) is 0 Å². The van der Waals surface area contributed by atoms with Crippen LogP contribution in [0.1, 0.15) is 36.4 Å². The van der Waals surface area contributed by atoms with E-state index in [1.54, 1.807) is 11.3 Å². The first kappa shape index (κ1) is 20.8. The smallest absolute Gasteiger partial charge is 0.228 e. The largest absolute Gasteiger partial charge is 0.343 e. The average molecular weight is 428 g/mol. The van der Waals surface area contributed by atoms with Crippen molar-refractivity contribution in [2.75, 3.05) is 42.5 Å². The summed E-state index contributed by atoms with van der Waals surface area (Å²) in [7, 11) is 0. The van der Waals surface area contributed by atoms with Gasteiger partial charge in [-0.1, -0.05) is 43.4 Å². The summed E-state index contributed by atoms with van der Waals surface area (Å²) in [4.78, 5) is 32.0. The summed E-state index contributed by atoms with van der Waals surface area (Å²) in [5.74, 6) is -0.0969. The van der Waals surface area contributed by atoms with Gasteiger partial charge in [0.15, 0.2) is 0 Å². The van der Waals surface area contributed by atoms with Gasteiger partial charge in [-0.05, 0) is 30.9 Å². The molecule has 2 aromatic rings. The molecule has 8 heteroatoms. The first-order valence-corrected chi connectivity index (χ1v) is 11.6. The minimum atomic E-state index is -0.262. The fraction of sp³-hybridized carbons (Fsp3) is 0.545. The molecule has 0 N–H and O–H groups in total. The fourth-order valence-electron chi connectivity index (χ4n) is 4.44. The van der Waals surface area contributed by atoms with Crippen LogP contribution in [-0.2, 0) is 22.4 Å².